The first-order valence-electron chi connectivity index (χ1n) is 8.59. The summed E-state index contributed by atoms with van der Waals surface area (Å²) in [6.07, 6.45) is 0.956. The molecule has 2 aliphatic rings. The fourth-order valence-corrected chi connectivity index (χ4v) is 5.05. The number of nitrogens with zero attached hydrogens (tertiary/aromatic N) is 1. The summed E-state index contributed by atoms with van der Waals surface area (Å²) >= 11 is 0. The fraction of sp³-hybridized carbons (Fsp3) is 0.316. The van der Waals surface area contributed by atoms with Gasteiger partial charge in [0.05, 0.1) is 11.0 Å². The third-order valence-corrected chi connectivity index (χ3v) is 6.78. The molecule has 0 radical (unpaired) electrons. The molecule has 0 spiro atoms. The number of β-amino-alcohol motifs (C(OH)–C–C–N with tert-alkyl or cyclic N) is 1. The Bertz CT molecular complexity index is 927. The Labute approximate surface area is 152 Å². The molecule has 0 unspecified atom stereocenters. The van der Waals surface area contributed by atoms with E-state index in [0.717, 1.165) is 12.8 Å². The smallest absolute Gasteiger partial charge is 0.251 e. The van der Waals surface area contributed by atoms with Gasteiger partial charge in [0.2, 0.25) is 10.0 Å². The van der Waals surface area contributed by atoms with Crippen molar-refractivity contribution in [2.75, 3.05) is 13.1 Å². The molecule has 26 heavy (non-hydrogen) atoms. The monoisotopic (exact) mass is 372 g/mol. The van der Waals surface area contributed by atoms with E-state index in [4.69, 9.17) is 0 Å². The zero-order valence-electron chi connectivity index (χ0n) is 14.1. The van der Waals surface area contributed by atoms with Crippen molar-refractivity contribution >= 4 is 15.9 Å². The number of aliphatic hydroxyl groups excluding tert-OH is 1. The molecular formula is C19H20N2O4S. The van der Waals surface area contributed by atoms with Gasteiger partial charge in [-0.2, -0.15) is 4.31 Å². The SMILES string of the molecule is O=C(NC1Cc2ccccc2C1)c1cccc(S(=O)(=O)N2CC(O)C2)c1. The molecule has 0 aromatic heterocycles. The lowest BCUT2D eigenvalue weighted by molar-refractivity contribution is 0.0547. The maximum Gasteiger partial charge on any atom is 0.251 e. The van der Waals surface area contributed by atoms with Crippen molar-refractivity contribution in [3.05, 3.63) is 65.2 Å². The summed E-state index contributed by atoms with van der Waals surface area (Å²) < 4.78 is 26.2. The zero-order chi connectivity index (χ0) is 18.3. The molecule has 1 heterocycles. The van der Waals surface area contributed by atoms with Crippen LogP contribution in [0.1, 0.15) is 21.5 Å². The predicted octanol–water partition coefficient (Wildman–Crippen LogP) is 0.949. The molecule has 0 atom stereocenters. The highest BCUT2D eigenvalue weighted by molar-refractivity contribution is 7.89. The fourth-order valence-electron chi connectivity index (χ4n) is 3.49. The molecule has 0 saturated carbocycles. The lowest BCUT2D eigenvalue weighted by Crippen LogP contribution is -2.53. The first-order chi connectivity index (χ1) is 12.4. The molecule has 1 saturated heterocycles. The largest absolute Gasteiger partial charge is 0.390 e. The quantitative estimate of drug-likeness (QED) is 0.837. The lowest BCUT2D eigenvalue weighted by atomic mass is 10.1. The Morgan fingerprint density at radius 3 is 2.31 bits per heavy atom. The van der Waals surface area contributed by atoms with Gasteiger partial charge in [-0.25, -0.2) is 8.42 Å². The molecular weight excluding hydrogens is 352 g/mol. The Kier molecular flexibility index (Phi) is 4.30. The lowest BCUT2D eigenvalue weighted by Gasteiger charge is -2.34. The predicted molar refractivity (Wildman–Crippen MR) is 96.3 cm³/mol. The van der Waals surface area contributed by atoms with Crippen LogP contribution in [0.15, 0.2) is 53.4 Å². The van der Waals surface area contributed by atoms with Gasteiger partial charge in [-0.05, 0) is 42.2 Å². The van der Waals surface area contributed by atoms with E-state index in [1.54, 1.807) is 12.1 Å². The second-order valence-electron chi connectivity index (χ2n) is 6.85. The van der Waals surface area contributed by atoms with Gasteiger partial charge in [0.1, 0.15) is 0 Å². The van der Waals surface area contributed by atoms with Gasteiger partial charge in [0.15, 0.2) is 0 Å². The number of benzene rings is 2. The molecule has 2 aromatic carbocycles. The summed E-state index contributed by atoms with van der Waals surface area (Å²) in [5.41, 5.74) is 2.80. The number of aliphatic hydroxyl groups is 1. The van der Waals surface area contributed by atoms with Crippen LogP contribution in [0.25, 0.3) is 0 Å². The number of rotatable bonds is 4. The number of hydrogen-bond donors (Lipinski definition) is 2. The normalized spacial score (nSPS) is 18.3. The molecule has 1 aliphatic carbocycles. The van der Waals surface area contributed by atoms with E-state index in [1.165, 1.54) is 27.6 Å². The van der Waals surface area contributed by atoms with Gasteiger partial charge < -0.3 is 10.4 Å². The standard InChI is InChI=1S/C19H20N2O4S/c22-17-11-21(12-17)26(24,25)18-7-3-6-15(10-18)19(23)20-16-8-13-4-1-2-5-14(13)9-16/h1-7,10,16-17,22H,8-9,11-12H2,(H,20,23). The van der Waals surface area contributed by atoms with Crippen LogP contribution in [0.2, 0.25) is 0 Å². The minimum atomic E-state index is -3.67. The van der Waals surface area contributed by atoms with Gasteiger partial charge in [0, 0.05) is 24.7 Å². The van der Waals surface area contributed by atoms with Crippen LogP contribution in [-0.4, -0.2) is 49.0 Å². The number of amides is 1. The number of hydrogen-bond acceptors (Lipinski definition) is 4. The van der Waals surface area contributed by atoms with E-state index in [2.05, 4.69) is 17.4 Å². The van der Waals surface area contributed by atoms with E-state index < -0.39 is 16.1 Å². The van der Waals surface area contributed by atoms with E-state index in [0.29, 0.717) is 5.56 Å². The Morgan fingerprint density at radius 2 is 1.69 bits per heavy atom. The van der Waals surface area contributed by atoms with Gasteiger partial charge in [-0.15, -0.1) is 0 Å². The maximum absolute atomic E-state index is 12.6. The molecule has 1 fully saturated rings. The second kappa shape index (κ2) is 6.50. The highest BCUT2D eigenvalue weighted by Gasteiger charge is 2.35. The third-order valence-electron chi connectivity index (χ3n) is 4.95. The van der Waals surface area contributed by atoms with Crippen molar-refractivity contribution < 1.29 is 18.3 Å². The highest BCUT2D eigenvalue weighted by Crippen LogP contribution is 2.24. The van der Waals surface area contributed by atoms with E-state index >= 15 is 0 Å². The Morgan fingerprint density at radius 1 is 1.04 bits per heavy atom. The minimum Gasteiger partial charge on any atom is -0.390 e. The number of nitrogens with one attached hydrogen (secondary N) is 1. The molecule has 6 nitrogen and oxygen atoms in total. The highest BCUT2D eigenvalue weighted by atomic mass is 32.2. The van der Waals surface area contributed by atoms with E-state index in [-0.39, 0.29) is 29.9 Å². The van der Waals surface area contributed by atoms with Crippen LogP contribution in [-0.2, 0) is 22.9 Å². The molecule has 136 valence electrons. The first kappa shape index (κ1) is 17.2. The number of carbonyl (C=O) groups excluding carboxylic acids is 1. The topological polar surface area (TPSA) is 86.7 Å². The molecule has 7 heteroatoms. The molecule has 1 amide bonds. The maximum atomic E-state index is 12.6. The molecule has 0 bridgehead atoms. The zero-order valence-corrected chi connectivity index (χ0v) is 14.9. The Balaban J connectivity index is 1.48. The molecule has 1 aliphatic heterocycles. The summed E-state index contributed by atoms with van der Waals surface area (Å²) in [6.45, 7) is 0.193. The van der Waals surface area contributed by atoms with Crippen molar-refractivity contribution in [1.29, 1.82) is 0 Å². The van der Waals surface area contributed by atoms with Crippen LogP contribution in [0, 0.1) is 0 Å². The summed E-state index contributed by atoms with van der Waals surface area (Å²) in [6, 6.07) is 14.2. The van der Waals surface area contributed by atoms with Gasteiger partial charge in [-0.3, -0.25) is 4.79 Å². The van der Waals surface area contributed by atoms with Crippen LogP contribution < -0.4 is 5.32 Å². The molecule has 4 rings (SSSR count). The van der Waals surface area contributed by atoms with Gasteiger partial charge in [-0.1, -0.05) is 30.3 Å². The summed E-state index contributed by atoms with van der Waals surface area (Å²) in [4.78, 5) is 12.7. The molecule has 2 aromatic rings. The minimum absolute atomic E-state index is 0.0192. The first-order valence-corrected chi connectivity index (χ1v) is 10.0. The summed E-state index contributed by atoms with van der Waals surface area (Å²) in [5.74, 6) is -0.275. The van der Waals surface area contributed by atoms with Gasteiger partial charge >= 0.3 is 0 Å². The van der Waals surface area contributed by atoms with Crippen molar-refractivity contribution in [1.82, 2.24) is 9.62 Å². The van der Waals surface area contributed by atoms with Crippen molar-refractivity contribution in [2.45, 2.75) is 29.9 Å². The van der Waals surface area contributed by atoms with Crippen LogP contribution >= 0.6 is 0 Å². The van der Waals surface area contributed by atoms with Crippen LogP contribution in [0.5, 0.6) is 0 Å². The number of sulfonamides is 1. The summed E-state index contributed by atoms with van der Waals surface area (Å²) in [5, 5.41) is 12.3. The average molecular weight is 372 g/mol. The number of fused-ring (bicyclic) bond motifs is 1. The third kappa shape index (κ3) is 3.13. The van der Waals surface area contributed by atoms with E-state index in [1.807, 2.05) is 12.1 Å². The second-order valence-corrected chi connectivity index (χ2v) is 8.79. The number of carbonyl (C=O) groups is 1. The Hall–Kier alpha value is -2.22. The average Bonchev–Trinajstić information content (AvgIpc) is 3.01. The van der Waals surface area contributed by atoms with E-state index in [9.17, 15) is 18.3 Å². The van der Waals surface area contributed by atoms with Crippen molar-refractivity contribution in [3.8, 4) is 0 Å². The van der Waals surface area contributed by atoms with Gasteiger partial charge in [0.25, 0.3) is 5.91 Å². The molecule has 2 N–H and O–H groups in total. The summed E-state index contributed by atoms with van der Waals surface area (Å²) in [7, 11) is -3.67. The van der Waals surface area contributed by atoms with Crippen molar-refractivity contribution in [2.24, 2.45) is 0 Å². The van der Waals surface area contributed by atoms with Crippen LogP contribution in [0.3, 0.4) is 0 Å². The van der Waals surface area contributed by atoms with Crippen molar-refractivity contribution in [3.63, 3.8) is 0 Å². The van der Waals surface area contributed by atoms with Crippen LogP contribution in [0.4, 0.5) is 0 Å².